The molecule has 0 aliphatic rings. The van der Waals surface area contributed by atoms with Crippen LogP contribution in [0.3, 0.4) is 0 Å². The summed E-state index contributed by atoms with van der Waals surface area (Å²) >= 11 is 1.72. The fourth-order valence-corrected chi connectivity index (χ4v) is 1.96. The van der Waals surface area contributed by atoms with Crippen LogP contribution in [0, 0.1) is 0 Å². The molecule has 0 saturated carbocycles. The lowest BCUT2D eigenvalue weighted by molar-refractivity contribution is 0.561. The number of nitrogens with one attached hydrogen (secondary N) is 2. The molecular formula is C9H12N4S. The molecule has 0 aliphatic carbocycles. The van der Waals surface area contributed by atoms with Crippen LogP contribution in [0.15, 0.2) is 23.2 Å². The Labute approximate surface area is 86.4 Å². The van der Waals surface area contributed by atoms with Crippen LogP contribution >= 0.6 is 11.3 Å². The van der Waals surface area contributed by atoms with Crippen LogP contribution in [0.4, 0.5) is 0 Å². The maximum Gasteiger partial charge on any atom is 0.138 e. The summed E-state index contributed by atoms with van der Waals surface area (Å²) in [5, 5.41) is 14.2. The van der Waals surface area contributed by atoms with Gasteiger partial charge in [-0.2, -0.15) is 16.4 Å². The maximum absolute atomic E-state index is 4.04. The van der Waals surface area contributed by atoms with Gasteiger partial charge in [-0.15, -0.1) is 0 Å². The fourth-order valence-electron chi connectivity index (χ4n) is 1.20. The average Bonchev–Trinajstić information content (AvgIpc) is 2.87. The number of nitrogens with zero attached hydrogens (tertiary/aromatic N) is 2. The molecule has 2 aromatic rings. The van der Waals surface area contributed by atoms with Gasteiger partial charge in [-0.1, -0.05) is 0 Å². The molecule has 0 aromatic carbocycles. The molecule has 4 nitrogen and oxygen atoms in total. The van der Waals surface area contributed by atoms with Gasteiger partial charge in [0.2, 0.25) is 0 Å². The zero-order chi connectivity index (χ0) is 9.80. The third-order valence-electron chi connectivity index (χ3n) is 2.08. The van der Waals surface area contributed by atoms with Gasteiger partial charge in [0.1, 0.15) is 12.2 Å². The standard InChI is InChI=1S/C9H12N4S/c1-7(8-2-3-14-5-8)10-4-9-11-6-12-13-9/h2-3,5-7,10H,4H2,1H3,(H,11,12,13). The van der Waals surface area contributed by atoms with Crippen LogP contribution in [0.5, 0.6) is 0 Å². The Morgan fingerprint density at radius 1 is 1.64 bits per heavy atom. The van der Waals surface area contributed by atoms with Gasteiger partial charge in [0.15, 0.2) is 0 Å². The van der Waals surface area contributed by atoms with E-state index in [-0.39, 0.29) is 0 Å². The lowest BCUT2D eigenvalue weighted by Gasteiger charge is -2.10. The van der Waals surface area contributed by atoms with Crippen molar-refractivity contribution in [2.24, 2.45) is 0 Å². The Hall–Kier alpha value is -1.20. The SMILES string of the molecule is CC(NCc1ncn[nH]1)c1ccsc1. The molecule has 2 N–H and O–H groups in total. The molecule has 1 atom stereocenters. The van der Waals surface area contributed by atoms with Crippen LogP contribution in [-0.4, -0.2) is 15.2 Å². The number of H-pyrrole nitrogens is 1. The summed E-state index contributed by atoms with van der Waals surface area (Å²) in [5.74, 6) is 0.868. The first-order chi connectivity index (χ1) is 6.86. The van der Waals surface area contributed by atoms with Gasteiger partial charge in [0.25, 0.3) is 0 Å². The number of aromatic nitrogens is 3. The lowest BCUT2D eigenvalue weighted by Crippen LogP contribution is -2.18. The van der Waals surface area contributed by atoms with Crippen LogP contribution in [-0.2, 0) is 6.54 Å². The summed E-state index contributed by atoms with van der Waals surface area (Å²) in [4.78, 5) is 4.04. The van der Waals surface area contributed by atoms with Crippen molar-refractivity contribution in [1.29, 1.82) is 0 Å². The van der Waals surface area contributed by atoms with E-state index in [1.807, 2.05) is 0 Å². The van der Waals surface area contributed by atoms with Gasteiger partial charge < -0.3 is 5.32 Å². The number of rotatable bonds is 4. The lowest BCUT2D eigenvalue weighted by atomic mass is 10.2. The quantitative estimate of drug-likeness (QED) is 0.804. The highest BCUT2D eigenvalue weighted by Gasteiger charge is 2.05. The van der Waals surface area contributed by atoms with E-state index in [4.69, 9.17) is 0 Å². The summed E-state index contributed by atoms with van der Waals surface area (Å²) in [6.45, 7) is 2.86. The van der Waals surface area contributed by atoms with Crippen molar-refractivity contribution in [2.75, 3.05) is 0 Å². The van der Waals surface area contributed by atoms with Gasteiger partial charge in [-0.25, -0.2) is 4.98 Å². The Morgan fingerprint density at radius 3 is 3.21 bits per heavy atom. The zero-order valence-electron chi connectivity index (χ0n) is 7.90. The molecular weight excluding hydrogens is 196 g/mol. The third kappa shape index (κ3) is 2.18. The van der Waals surface area contributed by atoms with Crippen molar-refractivity contribution in [3.05, 3.63) is 34.5 Å². The summed E-state index contributed by atoms with van der Waals surface area (Å²) in [6.07, 6.45) is 1.52. The third-order valence-corrected chi connectivity index (χ3v) is 2.79. The number of hydrogen-bond donors (Lipinski definition) is 2. The first-order valence-electron chi connectivity index (χ1n) is 4.46. The van der Waals surface area contributed by atoms with Crippen molar-refractivity contribution in [3.63, 3.8) is 0 Å². The predicted molar refractivity (Wildman–Crippen MR) is 56.0 cm³/mol. The van der Waals surface area contributed by atoms with Crippen LogP contribution in [0.25, 0.3) is 0 Å². The Bertz CT molecular complexity index is 354. The van der Waals surface area contributed by atoms with Crippen LogP contribution in [0.1, 0.15) is 24.4 Å². The van der Waals surface area contributed by atoms with Gasteiger partial charge in [-0.3, -0.25) is 5.10 Å². The van der Waals surface area contributed by atoms with Gasteiger partial charge in [0.05, 0.1) is 6.54 Å². The normalized spacial score (nSPS) is 12.9. The molecule has 0 saturated heterocycles. The zero-order valence-corrected chi connectivity index (χ0v) is 8.71. The highest BCUT2D eigenvalue weighted by molar-refractivity contribution is 7.07. The summed E-state index contributed by atoms with van der Waals surface area (Å²) in [7, 11) is 0. The summed E-state index contributed by atoms with van der Waals surface area (Å²) < 4.78 is 0. The van der Waals surface area contributed by atoms with E-state index < -0.39 is 0 Å². The van der Waals surface area contributed by atoms with Crippen LogP contribution < -0.4 is 5.32 Å². The molecule has 2 rings (SSSR count). The van der Waals surface area contributed by atoms with E-state index in [1.54, 1.807) is 11.3 Å². The molecule has 0 fully saturated rings. The largest absolute Gasteiger partial charge is 0.303 e. The Kier molecular flexibility index (Phi) is 2.90. The molecule has 5 heteroatoms. The first-order valence-corrected chi connectivity index (χ1v) is 5.40. The molecule has 0 aliphatic heterocycles. The van der Waals surface area contributed by atoms with E-state index in [0.717, 1.165) is 12.4 Å². The highest BCUT2D eigenvalue weighted by Crippen LogP contribution is 2.15. The molecule has 2 heterocycles. The van der Waals surface area contributed by atoms with Crippen molar-refractivity contribution < 1.29 is 0 Å². The molecule has 0 radical (unpaired) electrons. The molecule has 74 valence electrons. The van der Waals surface area contributed by atoms with E-state index in [1.165, 1.54) is 11.9 Å². The maximum atomic E-state index is 4.04. The second kappa shape index (κ2) is 4.34. The molecule has 2 aromatic heterocycles. The van der Waals surface area contributed by atoms with Crippen LogP contribution in [0.2, 0.25) is 0 Å². The Balaban J connectivity index is 1.87. The van der Waals surface area contributed by atoms with E-state index >= 15 is 0 Å². The second-order valence-electron chi connectivity index (χ2n) is 3.09. The molecule has 0 amide bonds. The predicted octanol–water partition coefficient (Wildman–Crippen LogP) is 1.72. The Morgan fingerprint density at radius 2 is 2.57 bits per heavy atom. The molecule has 0 bridgehead atoms. The van der Waals surface area contributed by atoms with Crippen molar-refractivity contribution in [1.82, 2.24) is 20.5 Å². The van der Waals surface area contributed by atoms with Crippen molar-refractivity contribution >= 4 is 11.3 Å². The van der Waals surface area contributed by atoms with Gasteiger partial charge in [0, 0.05) is 6.04 Å². The number of aromatic amines is 1. The monoisotopic (exact) mass is 208 g/mol. The smallest absolute Gasteiger partial charge is 0.138 e. The topological polar surface area (TPSA) is 53.6 Å². The average molecular weight is 208 g/mol. The van der Waals surface area contributed by atoms with E-state index in [0.29, 0.717) is 6.04 Å². The first kappa shape index (κ1) is 9.36. The fraction of sp³-hybridized carbons (Fsp3) is 0.333. The molecule has 1 unspecified atom stereocenters. The van der Waals surface area contributed by atoms with Gasteiger partial charge >= 0.3 is 0 Å². The highest BCUT2D eigenvalue weighted by atomic mass is 32.1. The minimum Gasteiger partial charge on any atom is -0.303 e. The number of hydrogen-bond acceptors (Lipinski definition) is 4. The minimum absolute atomic E-state index is 0.353. The van der Waals surface area contributed by atoms with Crippen molar-refractivity contribution in [2.45, 2.75) is 19.5 Å². The van der Waals surface area contributed by atoms with Crippen molar-refractivity contribution in [3.8, 4) is 0 Å². The number of thiophene rings is 1. The van der Waals surface area contributed by atoms with Gasteiger partial charge in [-0.05, 0) is 29.3 Å². The second-order valence-corrected chi connectivity index (χ2v) is 3.87. The van der Waals surface area contributed by atoms with E-state index in [9.17, 15) is 0 Å². The molecule has 0 spiro atoms. The summed E-state index contributed by atoms with van der Waals surface area (Å²) in [5.41, 5.74) is 1.31. The van der Waals surface area contributed by atoms with E-state index in [2.05, 4.69) is 44.2 Å². The summed E-state index contributed by atoms with van der Waals surface area (Å²) in [6, 6.07) is 2.48. The minimum atomic E-state index is 0.353. The molecule has 14 heavy (non-hydrogen) atoms.